The van der Waals surface area contributed by atoms with Gasteiger partial charge in [0.15, 0.2) is 5.82 Å². The van der Waals surface area contributed by atoms with Crippen LogP contribution in [0.4, 0.5) is 11.8 Å². The standard InChI is InChI=1S/C14H20N6O/c1-9-10(2)15-14(16-11(9)3)20-7-5-19(6-8-20)13-12(4)17-21-18-13/h5-8H2,1-4H3. The molecule has 0 radical (unpaired) electrons. The van der Waals surface area contributed by atoms with Crippen LogP contribution in [0, 0.1) is 27.7 Å². The third-order valence-corrected chi connectivity index (χ3v) is 4.11. The van der Waals surface area contributed by atoms with Gasteiger partial charge in [-0.15, -0.1) is 0 Å². The molecule has 2 aromatic heterocycles. The summed E-state index contributed by atoms with van der Waals surface area (Å²) in [7, 11) is 0. The van der Waals surface area contributed by atoms with Crippen molar-refractivity contribution in [3.05, 3.63) is 22.6 Å². The smallest absolute Gasteiger partial charge is 0.225 e. The molecular weight excluding hydrogens is 268 g/mol. The molecule has 21 heavy (non-hydrogen) atoms. The molecule has 0 unspecified atom stereocenters. The van der Waals surface area contributed by atoms with E-state index >= 15 is 0 Å². The normalized spacial score (nSPS) is 15.6. The molecule has 7 nitrogen and oxygen atoms in total. The minimum atomic E-state index is 0.824. The molecule has 0 aliphatic carbocycles. The Labute approximate surface area is 123 Å². The number of piperazine rings is 1. The quantitative estimate of drug-likeness (QED) is 0.827. The highest BCUT2D eigenvalue weighted by Crippen LogP contribution is 2.20. The molecule has 7 heteroatoms. The van der Waals surface area contributed by atoms with Crippen LogP contribution in [-0.2, 0) is 0 Å². The Hall–Kier alpha value is -2.18. The summed E-state index contributed by atoms with van der Waals surface area (Å²) in [6.45, 7) is 11.5. The van der Waals surface area contributed by atoms with Gasteiger partial charge in [0.25, 0.3) is 0 Å². The van der Waals surface area contributed by atoms with Crippen molar-refractivity contribution in [1.82, 2.24) is 20.3 Å². The van der Waals surface area contributed by atoms with Crippen LogP contribution in [-0.4, -0.2) is 46.5 Å². The highest BCUT2D eigenvalue weighted by Gasteiger charge is 2.23. The molecule has 3 rings (SSSR count). The van der Waals surface area contributed by atoms with E-state index in [1.165, 1.54) is 5.56 Å². The van der Waals surface area contributed by atoms with Crippen molar-refractivity contribution < 1.29 is 4.63 Å². The van der Waals surface area contributed by atoms with E-state index in [-0.39, 0.29) is 0 Å². The highest BCUT2D eigenvalue weighted by atomic mass is 16.6. The summed E-state index contributed by atoms with van der Waals surface area (Å²) < 4.78 is 4.77. The van der Waals surface area contributed by atoms with Gasteiger partial charge in [0.2, 0.25) is 5.95 Å². The number of hydrogen-bond acceptors (Lipinski definition) is 7. The molecule has 112 valence electrons. The first-order chi connectivity index (χ1) is 10.1. The summed E-state index contributed by atoms with van der Waals surface area (Å²) in [5.74, 6) is 1.66. The Balaban J connectivity index is 1.73. The lowest BCUT2D eigenvalue weighted by molar-refractivity contribution is 0.304. The lowest BCUT2D eigenvalue weighted by atomic mass is 10.2. The van der Waals surface area contributed by atoms with Crippen LogP contribution in [0.3, 0.4) is 0 Å². The molecule has 1 fully saturated rings. The molecular formula is C14H20N6O. The topological polar surface area (TPSA) is 71.2 Å². The Bertz CT molecular complexity index is 622. The first-order valence-electron chi connectivity index (χ1n) is 7.17. The predicted molar refractivity (Wildman–Crippen MR) is 79.7 cm³/mol. The van der Waals surface area contributed by atoms with Crippen molar-refractivity contribution in [3.8, 4) is 0 Å². The number of aryl methyl sites for hydroxylation is 3. The SMILES string of the molecule is Cc1nonc1N1CCN(c2nc(C)c(C)c(C)n2)CC1. The van der Waals surface area contributed by atoms with Crippen LogP contribution in [0.1, 0.15) is 22.6 Å². The van der Waals surface area contributed by atoms with Gasteiger partial charge in [-0.3, -0.25) is 0 Å². The summed E-state index contributed by atoms with van der Waals surface area (Å²) in [6, 6.07) is 0. The fraction of sp³-hybridized carbons (Fsp3) is 0.571. The van der Waals surface area contributed by atoms with Crippen molar-refractivity contribution >= 4 is 11.8 Å². The average molecular weight is 288 g/mol. The third kappa shape index (κ3) is 2.55. The van der Waals surface area contributed by atoms with Crippen LogP contribution in [0.25, 0.3) is 0 Å². The van der Waals surface area contributed by atoms with Crippen molar-refractivity contribution in [2.75, 3.05) is 36.0 Å². The van der Waals surface area contributed by atoms with Crippen molar-refractivity contribution in [1.29, 1.82) is 0 Å². The van der Waals surface area contributed by atoms with E-state index in [4.69, 9.17) is 4.63 Å². The Morgan fingerprint density at radius 2 is 1.33 bits per heavy atom. The zero-order valence-corrected chi connectivity index (χ0v) is 12.9. The lowest BCUT2D eigenvalue weighted by Crippen LogP contribution is -2.47. The maximum Gasteiger partial charge on any atom is 0.225 e. The molecule has 0 aromatic carbocycles. The Kier molecular flexibility index (Phi) is 3.48. The molecule has 0 atom stereocenters. The second-order valence-corrected chi connectivity index (χ2v) is 5.47. The van der Waals surface area contributed by atoms with E-state index in [0.717, 1.165) is 55.0 Å². The number of hydrogen-bond donors (Lipinski definition) is 0. The summed E-state index contributed by atoms with van der Waals surface area (Å²) in [5.41, 5.74) is 4.11. The van der Waals surface area contributed by atoms with E-state index in [9.17, 15) is 0 Å². The molecule has 2 aromatic rings. The second kappa shape index (κ2) is 5.31. The molecule has 0 spiro atoms. The van der Waals surface area contributed by atoms with Crippen LogP contribution in [0.2, 0.25) is 0 Å². The zero-order valence-electron chi connectivity index (χ0n) is 12.9. The average Bonchev–Trinajstić information content (AvgIpc) is 2.90. The molecule has 1 aliphatic rings. The molecule has 1 saturated heterocycles. The fourth-order valence-electron chi connectivity index (χ4n) is 2.53. The summed E-state index contributed by atoms with van der Waals surface area (Å²) in [5, 5.41) is 7.80. The molecule has 0 saturated carbocycles. The number of rotatable bonds is 2. The first-order valence-corrected chi connectivity index (χ1v) is 7.17. The maximum absolute atomic E-state index is 4.77. The van der Waals surface area contributed by atoms with Crippen LogP contribution in [0.5, 0.6) is 0 Å². The minimum absolute atomic E-state index is 0.824. The van der Waals surface area contributed by atoms with E-state index in [1.54, 1.807) is 0 Å². The number of aromatic nitrogens is 4. The third-order valence-electron chi connectivity index (χ3n) is 4.11. The van der Waals surface area contributed by atoms with Crippen molar-refractivity contribution in [2.45, 2.75) is 27.7 Å². The molecule has 3 heterocycles. The van der Waals surface area contributed by atoms with E-state index in [1.807, 2.05) is 20.8 Å². The first kappa shape index (κ1) is 13.8. The summed E-state index contributed by atoms with van der Waals surface area (Å²) >= 11 is 0. The van der Waals surface area contributed by atoms with Crippen LogP contribution >= 0.6 is 0 Å². The van der Waals surface area contributed by atoms with Gasteiger partial charge in [-0.25, -0.2) is 14.6 Å². The van der Waals surface area contributed by atoms with Crippen molar-refractivity contribution in [2.24, 2.45) is 0 Å². The molecule has 1 aliphatic heterocycles. The monoisotopic (exact) mass is 288 g/mol. The summed E-state index contributed by atoms with van der Waals surface area (Å²) in [4.78, 5) is 13.6. The predicted octanol–water partition coefficient (Wildman–Crippen LogP) is 1.42. The van der Waals surface area contributed by atoms with Gasteiger partial charge in [-0.05, 0) is 38.4 Å². The second-order valence-electron chi connectivity index (χ2n) is 5.47. The van der Waals surface area contributed by atoms with Gasteiger partial charge >= 0.3 is 0 Å². The number of anilines is 2. The van der Waals surface area contributed by atoms with Crippen LogP contribution < -0.4 is 9.80 Å². The van der Waals surface area contributed by atoms with Gasteiger partial charge in [0.1, 0.15) is 5.69 Å². The van der Waals surface area contributed by atoms with Gasteiger partial charge in [-0.2, -0.15) is 0 Å². The van der Waals surface area contributed by atoms with E-state index < -0.39 is 0 Å². The van der Waals surface area contributed by atoms with Gasteiger partial charge in [0, 0.05) is 37.6 Å². The minimum Gasteiger partial charge on any atom is -0.349 e. The van der Waals surface area contributed by atoms with Crippen molar-refractivity contribution in [3.63, 3.8) is 0 Å². The van der Waals surface area contributed by atoms with Gasteiger partial charge in [0.05, 0.1) is 0 Å². The highest BCUT2D eigenvalue weighted by molar-refractivity contribution is 5.44. The Morgan fingerprint density at radius 3 is 1.86 bits per heavy atom. The van der Waals surface area contributed by atoms with E-state index in [2.05, 4.69) is 37.0 Å². The molecule has 0 N–H and O–H groups in total. The molecule has 0 bridgehead atoms. The zero-order chi connectivity index (χ0) is 15.0. The van der Waals surface area contributed by atoms with Gasteiger partial charge < -0.3 is 9.80 Å². The summed E-state index contributed by atoms with van der Waals surface area (Å²) in [6.07, 6.45) is 0. The number of nitrogens with zero attached hydrogens (tertiary/aromatic N) is 6. The largest absolute Gasteiger partial charge is 0.349 e. The van der Waals surface area contributed by atoms with Crippen LogP contribution in [0.15, 0.2) is 4.63 Å². The van der Waals surface area contributed by atoms with Gasteiger partial charge in [-0.1, -0.05) is 5.16 Å². The molecule has 0 amide bonds. The lowest BCUT2D eigenvalue weighted by Gasteiger charge is -2.34. The Morgan fingerprint density at radius 1 is 0.762 bits per heavy atom. The van der Waals surface area contributed by atoms with E-state index in [0.29, 0.717) is 0 Å². The fourth-order valence-corrected chi connectivity index (χ4v) is 2.53. The maximum atomic E-state index is 4.77.